The minimum absolute atomic E-state index is 0.0855. The molecule has 30 heavy (non-hydrogen) atoms. The molecule has 1 fully saturated rings. The fourth-order valence-corrected chi connectivity index (χ4v) is 5.00. The molecule has 0 N–H and O–H groups in total. The first-order valence-electron chi connectivity index (χ1n) is 10.5. The lowest BCUT2D eigenvalue weighted by molar-refractivity contribution is 0.0715. The van der Waals surface area contributed by atoms with Gasteiger partial charge < -0.3 is 4.90 Å². The van der Waals surface area contributed by atoms with Gasteiger partial charge in [0.15, 0.2) is 5.65 Å². The molecule has 1 saturated heterocycles. The second-order valence-electron chi connectivity index (χ2n) is 7.71. The lowest BCUT2D eigenvalue weighted by Gasteiger charge is -2.32. The summed E-state index contributed by atoms with van der Waals surface area (Å²) in [5.41, 5.74) is 3.71. The van der Waals surface area contributed by atoms with E-state index in [1.807, 2.05) is 40.1 Å². The van der Waals surface area contributed by atoms with Crippen molar-refractivity contribution in [3.05, 3.63) is 71.2 Å². The Morgan fingerprint density at radius 2 is 1.93 bits per heavy atom. The van der Waals surface area contributed by atoms with Crippen LogP contribution in [0.25, 0.3) is 21.6 Å². The number of thiophene rings is 1. The average molecular weight is 417 g/mol. The van der Waals surface area contributed by atoms with Crippen LogP contribution in [0.1, 0.15) is 41.6 Å². The van der Waals surface area contributed by atoms with E-state index in [1.54, 1.807) is 17.5 Å². The molecule has 0 unspecified atom stereocenters. The Morgan fingerprint density at radius 3 is 2.63 bits per heavy atom. The first-order chi connectivity index (χ1) is 14.7. The normalized spacial score (nSPS) is 15.0. The van der Waals surface area contributed by atoms with Crippen LogP contribution in [-0.2, 0) is 6.54 Å². The molecule has 1 aliphatic rings. The van der Waals surface area contributed by atoms with E-state index >= 15 is 0 Å². The fraction of sp³-hybridized carbons (Fsp3) is 0.292. The van der Waals surface area contributed by atoms with E-state index in [1.165, 1.54) is 5.56 Å². The summed E-state index contributed by atoms with van der Waals surface area (Å²) in [6.45, 7) is 4.32. The van der Waals surface area contributed by atoms with Crippen molar-refractivity contribution in [1.29, 1.82) is 0 Å². The number of rotatable bonds is 4. The Kier molecular flexibility index (Phi) is 5.09. The molecule has 3 aromatic heterocycles. The fourth-order valence-electron chi connectivity index (χ4n) is 4.32. The molecule has 0 radical (unpaired) electrons. The van der Waals surface area contributed by atoms with Gasteiger partial charge in [0.05, 0.1) is 27.7 Å². The number of likely N-dealkylation sites (tertiary alicyclic amines) is 1. The van der Waals surface area contributed by atoms with Gasteiger partial charge >= 0.3 is 0 Å². The first-order valence-corrected chi connectivity index (χ1v) is 11.4. The Morgan fingerprint density at radius 1 is 1.13 bits per heavy atom. The lowest BCUT2D eigenvalue weighted by Crippen LogP contribution is -2.38. The largest absolute Gasteiger partial charge is 0.339 e. The molecule has 0 atom stereocenters. The predicted molar refractivity (Wildman–Crippen MR) is 121 cm³/mol. The van der Waals surface area contributed by atoms with Crippen molar-refractivity contribution >= 4 is 28.3 Å². The number of aromatic nitrogens is 3. The zero-order valence-electron chi connectivity index (χ0n) is 17.0. The van der Waals surface area contributed by atoms with Crippen molar-refractivity contribution < 1.29 is 4.79 Å². The van der Waals surface area contributed by atoms with Crippen LogP contribution in [-0.4, -0.2) is 38.7 Å². The van der Waals surface area contributed by atoms with Crippen molar-refractivity contribution in [3.8, 4) is 10.6 Å². The van der Waals surface area contributed by atoms with Crippen molar-refractivity contribution in [3.63, 3.8) is 0 Å². The molecule has 1 aliphatic heterocycles. The van der Waals surface area contributed by atoms with Crippen LogP contribution in [0.2, 0.25) is 0 Å². The number of carbonyl (C=O) groups is 1. The Labute approximate surface area is 180 Å². The van der Waals surface area contributed by atoms with E-state index in [4.69, 9.17) is 4.98 Å². The van der Waals surface area contributed by atoms with Gasteiger partial charge in [-0.3, -0.25) is 4.79 Å². The first kappa shape index (κ1) is 19.0. The van der Waals surface area contributed by atoms with Crippen molar-refractivity contribution in [2.45, 2.75) is 32.2 Å². The van der Waals surface area contributed by atoms with Crippen LogP contribution >= 0.6 is 11.3 Å². The number of aryl methyl sites for hydroxylation is 1. The summed E-state index contributed by atoms with van der Waals surface area (Å²) >= 11 is 1.64. The van der Waals surface area contributed by atoms with Crippen LogP contribution in [0.3, 0.4) is 0 Å². The molecule has 4 heterocycles. The highest BCUT2D eigenvalue weighted by Crippen LogP contribution is 2.31. The third kappa shape index (κ3) is 3.41. The zero-order chi connectivity index (χ0) is 20.5. The number of fused-ring (bicyclic) bond motifs is 1. The summed E-state index contributed by atoms with van der Waals surface area (Å²) in [5, 5.41) is 7.34. The van der Waals surface area contributed by atoms with Crippen LogP contribution in [0.5, 0.6) is 0 Å². The molecule has 1 aromatic carbocycles. The second-order valence-corrected chi connectivity index (χ2v) is 8.65. The summed E-state index contributed by atoms with van der Waals surface area (Å²) in [6, 6.07) is 16.6. The van der Waals surface area contributed by atoms with Crippen molar-refractivity contribution in [2.24, 2.45) is 0 Å². The smallest absolute Gasteiger partial charge is 0.254 e. The number of nitrogens with zero attached hydrogens (tertiary/aromatic N) is 4. The molecule has 0 spiro atoms. The Hall–Kier alpha value is -2.99. The number of piperidine rings is 1. The van der Waals surface area contributed by atoms with Gasteiger partial charge in [0.25, 0.3) is 5.91 Å². The zero-order valence-corrected chi connectivity index (χ0v) is 17.8. The van der Waals surface area contributed by atoms with Crippen molar-refractivity contribution in [1.82, 2.24) is 19.7 Å². The Bertz CT molecular complexity index is 1160. The minimum Gasteiger partial charge on any atom is -0.339 e. The maximum absolute atomic E-state index is 13.5. The second kappa shape index (κ2) is 8.03. The summed E-state index contributed by atoms with van der Waals surface area (Å²) in [5.74, 6) is 0.611. The standard InChI is InChI=1S/C24H24N4OS/c1-2-28-23-20(16-25-28)19(15-21(26-23)22-9-6-14-30-22)24(29)27-12-10-18(11-13-27)17-7-4-3-5-8-17/h3-9,14-16,18H,2,10-13H2,1H3. The molecule has 0 bridgehead atoms. The molecular weight excluding hydrogens is 392 g/mol. The van der Waals surface area contributed by atoms with Gasteiger partial charge in [-0.05, 0) is 48.8 Å². The maximum Gasteiger partial charge on any atom is 0.254 e. The number of amides is 1. The predicted octanol–water partition coefficient (Wildman–Crippen LogP) is 5.20. The third-order valence-electron chi connectivity index (χ3n) is 5.97. The molecule has 1 amide bonds. The van der Waals surface area contributed by atoms with E-state index in [0.29, 0.717) is 11.5 Å². The topological polar surface area (TPSA) is 51.0 Å². The molecule has 5 rings (SSSR count). The highest BCUT2D eigenvalue weighted by atomic mass is 32.1. The SMILES string of the molecule is CCn1ncc2c(C(=O)N3CCC(c4ccccc4)CC3)cc(-c3cccs3)nc21. The van der Waals surface area contributed by atoms with E-state index < -0.39 is 0 Å². The van der Waals surface area contributed by atoms with Crippen LogP contribution in [0, 0.1) is 0 Å². The minimum atomic E-state index is 0.0855. The van der Waals surface area contributed by atoms with Gasteiger partial charge in [-0.15, -0.1) is 11.3 Å². The van der Waals surface area contributed by atoms with E-state index in [2.05, 4.69) is 35.4 Å². The molecule has 152 valence electrons. The van der Waals surface area contributed by atoms with Gasteiger partial charge in [-0.25, -0.2) is 9.67 Å². The van der Waals surface area contributed by atoms with Gasteiger partial charge in [-0.1, -0.05) is 36.4 Å². The van der Waals surface area contributed by atoms with Crippen molar-refractivity contribution in [2.75, 3.05) is 13.1 Å². The quantitative estimate of drug-likeness (QED) is 0.459. The summed E-state index contributed by atoms with van der Waals surface area (Å²) < 4.78 is 1.87. The van der Waals surface area contributed by atoms with Crippen LogP contribution < -0.4 is 0 Å². The molecular formula is C24H24N4OS. The molecule has 0 saturated carbocycles. The monoisotopic (exact) mass is 416 g/mol. The average Bonchev–Trinajstić information content (AvgIpc) is 3.48. The molecule has 4 aromatic rings. The highest BCUT2D eigenvalue weighted by molar-refractivity contribution is 7.13. The lowest BCUT2D eigenvalue weighted by atomic mass is 9.89. The summed E-state index contributed by atoms with van der Waals surface area (Å²) in [6.07, 6.45) is 3.78. The number of benzene rings is 1. The van der Waals surface area contributed by atoms with Crippen LogP contribution in [0.4, 0.5) is 0 Å². The number of carbonyl (C=O) groups excluding carboxylic acids is 1. The van der Waals surface area contributed by atoms with E-state index in [-0.39, 0.29) is 5.91 Å². The van der Waals surface area contributed by atoms with Gasteiger partial charge in [0.2, 0.25) is 0 Å². The molecule has 6 heteroatoms. The maximum atomic E-state index is 13.5. The molecule has 5 nitrogen and oxygen atoms in total. The summed E-state index contributed by atoms with van der Waals surface area (Å²) in [4.78, 5) is 21.4. The van der Waals surface area contributed by atoms with Gasteiger partial charge in [0.1, 0.15) is 0 Å². The number of hydrogen-bond donors (Lipinski definition) is 0. The van der Waals surface area contributed by atoms with E-state index in [9.17, 15) is 4.79 Å². The molecule has 0 aliphatic carbocycles. The van der Waals surface area contributed by atoms with Crippen LogP contribution in [0.15, 0.2) is 60.1 Å². The van der Waals surface area contributed by atoms with Gasteiger partial charge in [0, 0.05) is 19.6 Å². The number of hydrogen-bond acceptors (Lipinski definition) is 4. The third-order valence-corrected chi connectivity index (χ3v) is 6.86. The van der Waals surface area contributed by atoms with E-state index in [0.717, 1.165) is 54.1 Å². The van der Waals surface area contributed by atoms with Gasteiger partial charge in [-0.2, -0.15) is 5.10 Å². The highest BCUT2D eigenvalue weighted by Gasteiger charge is 2.27. The Balaban J connectivity index is 1.45. The number of pyridine rings is 1. The summed E-state index contributed by atoms with van der Waals surface area (Å²) in [7, 11) is 0.